The minimum Gasteiger partial charge on any atom is -0.378 e. The average molecular weight is 540 g/mol. The van der Waals surface area contributed by atoms with Crippen molar-refractivity contribution in [1.29, 1.82) is 0 Å². The number of aryl methyl sites for hydroxylation is 2. The molecule has 2 saturated heterocycles. The van der Waals surface area contributed by atoms with Gasteiger partial charge in [0.15, 0.2) is 0 Å². The largest absolute Gasteiger partial charge is 0.378 e. The predicted molar refractivity (Wildman–Crippen MR) is 159 cm³/mol. The van der Waals surface area contributed by atoms with Crippen molar-refractivity contribution in [2.24, 2.45) is 7.05 Å². The Balaban J connectivity index is 1.27. The van der Waals surface area contributed by atoms with Crippen LogP contribution in [0.1, 0.15) is 42.8 Å². The van der Waals surface area contributed by atoms with E-state index < -0.39 is 0 Å². The number of pyridine rings is 2. The lowest BCUT2D eigenvalue weighted by molar-refractivity contribution is 0.122. The molecule has 0 aliphatic carbocycles. The third-order valence-electron chi connectivity index (χ3n) is 8.09. The summed E-state index contributed by atoms with van der Waals surface area (Å²) in [6.07, 6.45) is 6.44. The zero-order chi connectivity index (χ0) is 27.6. The first-order chi connectivity index (χ1) is 19.5. The van der Waals surface area contributed by atoms with Crippen LogP contribution >= 0.6 is 0 Å². The van der Waals surface area contributed by atoms with Gasteiger partial charge in [0.1, 0.15) is 23.0 Å². The molecule has 0 saturated carbocycles. The molecule has 0 bridgehead atoms. The van der Waals surface area contributed by atoms with Gasteiger partial charge in [0.25, 0.3) is 5.56 Å². The number of ether oxygens (including phenoxy) is 1. The van der Waals surface area contributed by atoms with Gasteiger partial charge in [-0.2, -0.15) is 0 Å². The number of morpholine rings is 1. The fourth-order valence-electron chi connectivity index (χ4n) is 5.80. The van der Waals surface area contributed by atoms with Gasteiger partial charge in [-0.05, 0) is 68.6 Å². The van der Waals surface area contributed by atoms with Crippen molar-refractivity contribution in [2.75, 3.05) is 49.6 Å². The Morgan fingerprint density at radius 2 is 1.77 bits per heavy atom. The zero-order valence-electron chi connectivity index (χ0n) is 23.6. The maximum Gasteiger partial charge on any atom is 0.275 e. The van der Waals surface area contributed by atoms with Gasteiger partial charge in [0.2, 0.25) is 0 Å². The first kappa shape index (κ1) is 26.4. The van der Waals surface area contributed by atoms with Gasteiger partial charge in [-0.25, -0.2) is 9.97 Å². The molecule has 4 aromatic rings. The molecule has 2 fully saturated rings. The lowest BCUT2D eigenvalue weighted by atomic mass is 9.99. The molecule has 9 nitrogen and oxygen atoms in total. The van der Waals surface area contributed by atoms with Crippen LogP contribution in [0.2, 0.25) is 0 Å². The minimum atomic E-state index is -0.0541. The van der Waals surface area contributed by atoms with Crippen LogP contribution < -0.4 is 15.8 Å². The van der Waals surface area contributed by atoms with Gasteiger partial charge in [-0.1, -0.05) is 24.3 Å². The van der Waals surface area contributed by atoms with Crippen LogP contribution in [0.4, 0.5) is 11.5 Å². The van der Waals surface area contributed by atoms with E-state index >= 15 is 0 Å². The maximum atomic E-state index is 13.2. The van der Waals surface area contributed by atoms with Gasteiger partial charge in [-0.3, -0.25) is 19.2 Å². The number of nitrogens with zero attached hydrogens (tertiary/aromatic N) is 6. The van der Waals surface area contributed by atoms with E-state index in [1.54, 1.807) is 11.6 Å². The first-order valence-corrected chi connectivity index (χ1v) is 14.2. The standard InChI is InChI=1S/C31H37N7O2/c1-21(23-6-8-24(9-7-23)27-19-32-11-10-25(27)20-37-12-4-5-13-37)33-29-26-18-28(38-14-16-40-17-15-38)31(39)36(3)30(26)35-22(2)34-29/h6-11,18-19,21H,4-5,12-17,20H2,1-3H3,(H,33,34,35)/t21-/m1/s1. The second kappa shape index (κ2) is 11.3. The SMILES string of the molecule is Cc1nc(N[C@H](C)c2ccc(-c3cnccc3CN3CCCC3)cc2)c2cc(N3CCOCC3)c(=O)n(C)c2n1. The number of hydrogen-bond acceptors (Lipinski definition) is 8. The van der Waals surface area contributed by atoms with Crippen molar-refractivity contribution < 1.29 is 4.74 Å². The molecule has 2 aliphatic heterocycles. The molecule has 9 heteroatoms. The highest BCUT2D eigenvalue weighted by molar-refractivity contribution is 5.89. The zero-order valence-corrected chi connectivity index (χ0v) is 23.6. The van der Waals surface area contributed by atoms with E-state index in [-0.39, 0.29) is 11.6 Å². The summed E-state index contributed by atoms with van der Waals surface area (Å²) in [7, 11) is 1.78. The number of anilines is 2. The van der Waals surface area contributed by atoms with Crippen molar-refractivity contribution in [3.8, 4) is 11.1 Å². The van der Waals surface area contributed by atoms with E-state index in [0.717, 1.165) is 23.3 Å². The molecule has 1 N–H and O–H groups in total. The number of aromatic nitrogens is 4. The normalized spacial score (nSPS) is 16.9. The number of likely N-dealkylation sites (tertiary alicyclic amines) is 1. The summed E-state index contributed by atoms with van der Waals surface area (Å²) in [6.45, 7) is 9.90. The molecule has 5 heterocycles. The molecule has 40 heavy (non-hydrogen) atoms. The number of nitrogens with one attached hydrogen (secondary N) is 1. The van der Waals surface area contributed by atoms with Crippen LogP contribution in [-0.2, 0) is 18.3 Å². The highest BCUT2D eigenvalue weighted by Crippen LogP contribution is 2.30. The fourth-order valence-corrected chi connectivity index (χ4v) is 5.80. The van der Waals surface area contributed by atoms with Gasteiger partial charge >= 0.3 is 0 Å². The quantitative estimate of drug-likeness (QED) is 0.372. The molecule has 0 radical (unpaired) electrons. The molecular formula is C31H37N7O2. The molecular weight excluding hydrogens is 502 g/mol. The molecule has 0 spiro atoms. The number of benzene rings is 1. The molecule has 2 aliphatic rings. The van der Waals surface area contributed by atoms with Gasteiger partial charge in [0, 0.05) is 50.7 Å². The van der Waals surface area contributed by atoms with Gasteiger partial charge in [-0.15, -0.1) is 0 Å². The van der Waals surface area contributed by atoms with E-state index in [1.807, 2.05) is 25.4 Å². The lowest BCUT2D eigenvalue weighted by Crippen LogP contribution is -2.40. The maximum absolute atomic E-state index is 13.2. The summed E-state index contributed by atoms with van der Waals surface area (Å²) >= 11 is 0. The Morgan fingerprint density at radius 1 is 1.02 bits per heavy atom. The predicted octanol–water partition coefficient (Wildman–Crippen LogP) is 4.30. The highest BCUT2D eigenvalue weighted by Gasteiger charge is 2.20. The Kier molecular flexibility index (Phi) is 7.49. The van der Waals surface area contributed by atoms with Crippen LogP contribution in [0, 0.1) is 6.92 Å². The molecule has 208 valence electrons. The van der Waals surface area contributed by atoms with Crippen LogP contribution in [0.3, 0.4) is 0 Å². The lowest BCUT2D eigenvalue weighted by Gasteiger charge is -2.29. The molecule has 0 unspecified atom stereocenters. The Morgan fingerprint density at radius 3 is 2.52 bits per heavy atom. The van der Waals surface area contributed by atoms with Crippen LogP contribution in [0.25, 0.3) is 22.2 Å². The second-order valence-corrected chi connectivity index (χ2v) is 10.9. The summed E-state index contributed by atoms with van der Waals surface area (Å²) in [5.74, 6) is 1.35. The van der Waals surface area contributed by atoms with E-state index in [1.165, 1.54) is 42.6 Å². The van der Waals surface area contributed by atoms with Crippen LogP contribution in [-0.4, -0.2) is 63.8 Å². The van der Waals surface area contributed by atoms with E-state index in [4.69, 9.17) is 9.72 Å². The molecule has 3 aromatic heterocycles. The summed E-state index contributed by atoms with van der Waals surface area (Å²) in [5.41, 5.74) is 6.06. The van der Waals surface area contributed by atoms with Crippen molar-refractivity contribution in [3.63, 3.8) is 0 Å². The molecule has 0 amide bonds. The van der Waals surface area contributed by atoms with Crippen LogP contribution in [0.5, 0.6) is 0 Å². The molecule has 1 aromatic carbocycles. The second-order valence-electron chi connectivity index (χ2n) is 10.9. The third-order valence-corrected chi connectivity index (χ3v) is 8.09. The van der Waals surface area contributed by atoms with E-state index in [2.05, 4.69) is 62.3 Å². The van der Waals surface area contributed by atoms with Crippen molar-refractivity contribution >= 4 is 22.5 Å². The van der Waals surface area contributed by atoms with Gasteiger partial charge < -0.3 is 15.0 Å². The summed E-state index contributed by atoms with van der Waals surface area (Å²) in [5, 5.41) is 4.44. The van der Waals surface area contributed by atoms with Crippen molar-refractivity contribution in [2.45, 2.75) is 39.3 Å². The summed E-state index contributed by atoms with van der Waals surface area (Å²) in [4.78, 5) is 31.6. The van der Waals surface area contributed by atoms with Gasteiger partial charge in [0.05, 0.1) is 18.6 Å². The fraction of sp³-hybridized carbons (Fsp3) is 0.419. The summed E-state index contributed by atoms with van der Waals surface area (Å²) < 4.78 is 7.13. The van der Waals surface area contributed by atoms with E-state index in [0.29, 0.717) is 43.5 Å². The molecule has 1 atom stereocenters. The smallest absolute Gasteiger partial charge is 0.275 e. The van der Waals surface area contributed by atoms with Crippen LogP contribution in [0.15, 0.2) is 53.6 Å². The van der Waals surface area contributed by atoms with E-state index in [9.17, 15) is 4.79 Å². The average Bonchev–Trinajstić information content (AvgIpc) is 3.49. The Hall–Kier alpha value is -3.82. The monoisotopic (exact) mass is 539 g/mol. The third kappa shape index (κ3) is 5.31. The minimum absolute atomic E-state index is 0.00594. The first-order valence-electron chi connectivity index (χ1n) is 14.2. The Labute approximate surface area is 234 Å². The highest BCUT2D eigenvalue weighted by atomic mass is 16.5. The van der Waals surface area contributed by atoms with Crippen molar-refractivity contribution in [1.82, 2.24) is 24.4 Å². The topological polar surface area (TPSA) is 88.4 Å². The Bertz CT molecular complexity index is 1550. The van der Waals surface area contributed by atoms with Crippen molar-refractivity contribution in [3.05, 3.63) is 76.1 Å². The molecule has 6 rings (SSSR count). The number of fused-ring (bicyclic) bond motifs is 1. The number of hydrogen-bond donors (Lipinski definition) is 1. The summed E-state index contributed by atoms with van der Waals surface area (Å²) in [6, 6.07) is 12.8. The number of rotatable bonds is 7.